The monoisotopic (exact) mass is 554 g/mol. The van der Waals surface area contributed by atoms with Crippen molar-refractivity contribution in [2.24, 2.45) is 11.3 Å². The predicted octanol–water partition coefficient (Wildman–Crippen LogP) is 5.79. The molecule has 4 rings (SSSR count). The molecule has 5 nitrogen and oxygen atoms in total. The number of hydrogen-bond acceptors (Lipinski definition) is 5. The van der Waals surface area contributed by atoms with Crippen LogP contribution >= 0.6 is 27.5 Å². The minimum atomic E-state index is -1.46. The molecule has 0 radical (unpaired) electrons. The number of benzene rings is 1. The molecule has 2 saturated carbocycles. The summed E-state index contributed by atoms with van der Waals surface area (Å²) in [6.07, 6.45) is 4.85. The van der Waals surface area contributed by atoms with Gasteiger partial charge in [-0.2, -0.15) is 0 Å². The van der Waals surface area contributed by atoms with E-state index in [2.05, 4.69) is 29.4 Å². The van der Waals surface area contributed by atoms with Gasteiger partial charge in [0.15, 0.2) is 0 Å². The molecule has 2 aliphatic carbocycles. The molecule has 1 aromatic carbocycles. The summed E-state index contributed by atoms with van der Waals surface area (Å²) in [5.41, 5.74) is -1.52. The molecule has 0 unspecified atom stereocenters. The highest BCUT2D eigenvalue weighted by Gasteiger charge is 2.75. The molecule has 1 spiro atoms. The molecular formula is C27H36BrClO5. The lowest BCUT2D eigenvalue weighted by atomic mass is 9.67. The van der Waals surface area contributed by atoms with Crippen molar-refractivity contribution in [2.75, 3.05) is 6.61 Å². The van der Waals surface area contributed by atoms with E-state index in [1.54, 1.807) is 24.3 Å². The standard InChI is InChI=1S/C27H36BrClO5/c1-17-5-10-21(29)26(32,16-33-23(30)18-6-8-19(28)9-7-18)15-22-27(34-22)20(24(2,3)31)12-14-25(27,4)13-11-17/h6-9,20-22,31-32H,1,5,10-16H2,2-4H3/t20-,21+,22+,25+,26-,27-/m0/s1. The van der Waals surface area contributed by atoms with Crippen LogP contribution in [0.3, 0.4) is 0 Å². The lowest BCUT2D eigenvalue weighted by molar-refractivity contribution is -0.0452. The second kappa shape index (κ2) is 9.19. The Balaban J connectivity index is 1.60. The first-order valence-corrected chi connectivity index (χ1v) is 13.4. The maximum Gasteiger partial charge on any atom is 0.338 e. The normalized spacial score (nSPS) is 38.4. The van der Waals surface area contributed by atoms with E-state index in [0.717, 1.165) is 35.7 Å². The van der Waals surface area contributed by atoms with Crippen LogP contribution in [0.1, 0.15) is 76.1 Å². The quantitative estimate of drug-likeness (QED) is 0.213. The Bertz CT molecular complexity index is 943. The van der Waals surface area contributed by atoms with E-state index >= 15 is 0 Å². The van der Waals surface area contributed by atoms with E-state index in [1.807, 2.05) is 13.8 Å². The van der Waals surface area contributed by atoms with Crippen molar-refractivity contribution in [3.8, 4) is 0 Å². The molecule has 1 heterocycles. The summed E-state index contributed by atoms with van der Waals surface area (Å²) in [6.45, 7) is 9.97. The van der Waals surface area contributed by atoms with Gasteiger partial charge in [0.2, 0.25) is 0 Å². The highest BCUT2D eigenvalue weighted by molar-refractivity contribution is 9.10. The van der Waals surface area contributed by atoms with Crippen LogP contribution in [0.25, 0.3) is 0 Å². The highest BCUT2D eigenvalue weighted by atomic mass is 79.9. The van der Waals surface area contributed by atoms with Gasteiger partial charge in [-0.1, -0.05) is 35.0 Å². The summed E-state index contributed by atoms with van der Waals surface area (Å²) in [5.74, 6) is -0.553. The number of allylic oxidation sites excluding steroid dienone is 1. The van der Waals surface area contributed by atoms with Crippen LogP contribution in [0.4, 0.5) is 0 Å². The van der Waals surface area contributed by atoms with E-state index in [1.165, 1.54) is 0 Å². The van der Waals surface area contributed by atoms with Crippen LogP contribution in [0.5, 0.6) is 0 Å². The molecule has 34 heavy (non-hydrogen) atoms. The van der Waals surface area contributed by atoms with Gasteiger partial charge in [0.1, 0.15) is 17.8 Å². The number of halogens is 2. The van der Waals surface area contributed by atoms with Crippen molar-refractivity contribution < 1.29 is 24.5 Å². The van der Waals surface area contributed by atoms with Crippen LogP contribution < -0.4 is 0 Å². The summed E-state index contributed by atoms with van der Waals surface area (Å²) < 4.78 is 12.9. The number of alkyl halides is 1. The number of ether oxygens (including phenoxy) is 2. The predicted molar refractivity (Wildman–Crippen MR) is 136 cm³/mol. The van der Waals surface area contributed by atoms with Crippen LogP contribution in [0.2, 0.25) is 0 Å². The van der Waals surface area contributed by atoms with Gasteiger partial charge in [-0.25, -0.2) is 4.79 Å². The molecule has 188 valence electrons. The summed E-state index contributed by atoms with van der Waals surface area (Å²) >= 11 is 10.1. The Labute approximate surface area is 216 Å². The third kappa shape index (κ3) is 4.73. The van der Waals surface area contributed by atoms with Gasteiger partial charge in [-0.3, -0.25) is 0 Å². The zero-order valence-corrected chi connectivity index (χ0v) is 22.6. The van der Waals surface area contributed by atoms with Crippen LogP contribution in [0.15, 0.2) is 40.9 Å². The topological polar surface area (TPSA) is 79.3 Å². The van der Waals surface area contributed by atoms with E-state index in [0.29, 0.717) is 18.4 Å². The average molecular weight is 556 g/mol. The van der Waals surface area contributed by atoms with Crippen LogP contribution in [-0.4, -0.2) is 51.1 Å². The summed E-state index contributed by atoms with van der Waals surface area (Å²) in [6, 6.07) is 6.89. The Kier molecular flexibility index (Phi) is 7.07. The van der Waals surface area contributed by atoms with Crippen molar-refractivity contribution in [3.05, 3.63) is 46.5 Å². The second-order valence-electron chi connectivity index (χ2n) is 11.4. The van der Waals surface area contributed by atoms with Gasteiger partial charge in [0.05, 0.1) is 22.6 Å². The number of rotatable bonds is 4. The fourth-order valence-corrected chi connectivity index (χ4v) is 6.88. The van der Waals surface area contributed by atoms with Crippen molar-refractivity contribution in [1.29, 1.82) is 0 Å². The fourth-order valence-electron chi connectivity index (χ4n) is 6.36. The molecule has 1 aromatic rings. The third-order valence-corrected chi connectivity index (χ3v) is 9.65. The summed E-state index contributed by atoms with van der Waals surface area (Å²) in [7, 11) is 0. The second-order valence-corrected chi connectivity index (χ2v) is 12.8. The molecule has 7 heteroatoms. The van der Waals surface area contributed by atoms with Crippen molar-refractivity contribution in [2.45, 2.75) is 94.0 Å². The van der Waals surface area contributed by atoms with Crippen molar-refractivity contribution in [1.82, 2.24) is 0 Å². The molecule has 1 aliphatic heterocycles. The fraction of sp³-hybridized carbons (Fsp3) is 0.667. The highest BCUT2D eigenvalue weighted by Crippen LogP contribution is 2.68. The van der Waals surface area contributed by atoms with E-state index < -0.39 is 28.1 Å². The van der Waals surface area contributed by atoms with E-state index in [9.17, 15) is 15.0 Å². The van der Waals surface area contributed by atoms with Crippen molar-refractivity contribution in [3.63, 3.8) is 0 Å². The summed E-state index contributed by atoms with van der Waals surface area (Å²) in [4.78, 5) is 12.7. The van der Waals surface area contributed by atoms with Gasteiger partial charge in [0, 0.05) is 16.8 Å². The Morgan fingerprint density at radius 3 is 2.59 bits per heavy atom. The number of epoxide rings is 1. The Morgan fingerprint density at radius 2 is 1.94 bits per heavy atom. The lowest BCUT2D eigenvalue weighted by Gasteiger charge is -2.38. The zero-order chi connectivity index (χ0) is 24.9. The van der Waals surface area contributed by atoms with Gasteiger partial charge < -0.3 is 19.7 Å². The van der Waals surface area contributed by atoms with E-state index in [4.69, 9.17) is 21.1 Å². The molecule has 2 N–H and O–H groups in total. The van der Waals surface area contributed by atoms with Gasteiger partial charge >= 0.3 is 5.97 Å². The molecule has 3 aliphatic rings. The van der Waals surface area contributed by atoms with Gasteiger partial charge in [-0.15, -0.1) is 11.6 Å². The number of esters is 1. The van der Waals surface area contributed by atoms with Gasteiger partial charge in [0.25, 0.3) is 0 Å². The molecular weight excluding hydrogens is 520 g/mol. The molecule has 3 fully saturated rings. The van der Waals surface area contributed by atoms with Gasteiger partial charge in [-0.05, 0) is 82.1 Å². The number of carbonyl (C=O) groups excluding carboxylic acids is 1. The average Bonchev–Trinajstić information content (AvgIpc) is 3.38. The Morgan fingerprint density at radius 1 is 1.26 bits per heavy atom. The Hall–Kier alpha value is -0.920. The number of hydrogen-bond donors (Lipinski definition) is 2. The number of aliphatic hydroxyl groups is 2. The third-order valence-electron chi connectivity index (χ3n) is 8.49. The maximum atomic E-state index is 12.7. The lowest BCUT2D eigenvalue weighted by Crippen LogP contribution is -2.50. The first-order valence-electron chi connectivity index (χ1n) is 12.2. The zero-order valence-electron chi connectivity index (χ0n) is 20.3. The molecule has 0 amide bonds. The largest absolute Gasteiger partial charge is 0.459 e. The minimum Gasteiger partial charge on any atom is -0.459 e. The van der Waals surface area contributed by atoms with E-state index in [-0.39, 0.29) is 30.5 Å². The molecule has 1 saturated heterocycles. The van der Waals surface area contributed by atoms with Crippen LogP contribution in [-0.2, 0) is 9.47 Å². The first kappa shape index (κ1) is 26.2. The summed E-state index contributed by atoms with van der Waals surface area (Å²) in [5, 5.41) is 22.2. The van der Waals surface area contributed by atoms with Crippen LogP contribution in [0, 0.1) is 11.3 Å². The smallest absolute Gasteiger partial charge is 0.338 e. The van der Waals surface area contributed by atoms with Crippen molar-refractivity contribution >= 4 is 33.5 Å². The maximum absolute atomic E-state index is 12.7. The minimum absolute atomic E-state index is 0.0487. The molecule has 6 atom stereocenters. The number of carbonyl (C=O) groups is 1. The molecule has 0 bridgehead atoms. The molecule has 0 aromatic heterocycles. The SMILES string of the molecule is C=C1CC[C@@H](Cl)[C@@](O)(COC(=O)c2ccc(Br)cc2)C[C@H]2O[C@@]23[C@H](C(C)(C)O)CC[C@@]3(C)CC1. The first-order chi connectivity index (χ1) is 15.8.